The zero-order valence-corrected chi connectivity index (χ0v) is 14.1. The quantitative estimate of drug-likeness (QED) is 0.934. The van der Waals surface area contributed by atoms with Gasteiger partial charge in [-0.3, -0.25) is 4.90 Å². The predicted molar refractivity (Wildman–Crippen MR) is 92.0 cm³/mol. The number of sulfone groups is 1. The van der Waals surface area contributed by atoms with Crippen molar-refractivity contribution >= 4 is 9.84 Å². The molecule has 5 heteroatoms. The molecule has 122 valence electrons. The standard InChI is InChI=1S/C18H22N2O2S/c1-23(21,22)17-9-7-15(8-10-17)14-20-12-11-19-13-18(20)16-5-3-2-4-6-16/h2-10,18-19H,11-14H2,1H3. The van der Waals surface area contributed by atoms with Gasteiger partial charge in [-0.1, -0.05) is 42.5 Å². The van der Waals surface area contributed by atoms with Gasteiger partial charge in [0.2, 0.25) is 0 Å². The second kappa shape index (κ2) is 6.83. The summed E-state index contributed by atoms with van der Waals surface area (Å²) in [4.78, 5) is 2.82. The molecule has 0 amide bonds. The van der Waals surface area contributed by atoms with Gasteiger partial charge in [0.25, 0.3) is 0 Å². The Balaban J connectivity index is 1.77. The molecule has 0 aromatic heterocycles. The van der Waals surface area contributed by atoms with Crippen molar-refractivity contribution in [3.05, 3.63) is 65.7 Å². The predicted octanol–water partition coefficient (Wildman–Crippen LogP) is 2.24. The van der Waals surface area contributed by atoms with E-state index in [0.717, 1.165) is 31.7 Å². The van der Waals surface area contributed by atoms with Crippen molar-refractivity contribution in [2.75, 3.05) is 25.9 Å². The third kappa shape index (κ3) is 3.99. The van der Waals surface area contributed by atoms with Gasteiger partial charge in [0.15, 0.2) is 9.84 Å². The average molecular weight is 330 g/mol. The smallest absolute Gasteiger partial charge is 0.175 e. The highest BCUT2D eigenvalue weighted by atomic mass is 32.2. The summed E-state index contributed by atoms with van der Waals surface area (Å²) in [5.41, 5.74) is 2.45. The van der Waals surface area contributed by atoms with Crippen LogP contribution in [0.1, 0.15) is 17.2 Å². The van der Waals surface area contributed by atoms with Crippen LogP contribution in [0.2, 0.25) is 0 Å². The van der Waals surface area contributed by atoms with Crippen molar-refractivity contribution < 1.29 is 8.42 Å². The molecule has 1 heterocycles. The van der Waals surface area contributed by atoms with E-state index in [1.165, 1.54) is 11.8 Å². The third-order valence-electron chi connectivity index (χ3n) is 4.28. The first-order valence-corrected chi connectivity index (χ1v) is 9.72. The van der Waals surface area contributed by atoms with E-state index in [1.807, 2.05) is 18.2 Å². The summed E-state index contributed by atoms with van der Waals surface area (Å²) in [6, 6.07) is 18.1. The molecule has 23 heavy (non-hydrogen) atoms. The summed E-state index contributed by atoms with van der Waals surface area (Å²) < 4.78 is 23.1. The Morgan fingerprint density at radius 3 is 2.43 bits per heavy atom. The molecule has 2 aromatic rings. The van der Waals surface area contributed by atoms with Gasteiger partial charge in [-0.15, -0.1) is 0 Å². The number of nitrogens with one attached hydrogen (secondary N) is 1. The van der Waals surface area contributed by atoms with E-state index in [4.69, 9.17) is 0 Å². The topological polar surface area (TPSA) is 49.4 Å². The van der Waals surface area contributed by atoms with Crippen molar-refractivity contribution in [2.45, 2.75) is 17.5 Å². The lowest BCUT2D eigenvalue weighted by Gasteiger charge is -2.36. The van der Waals surface area contributed by atoms with Crippen LogP contribution in [0, 0.1) is 0 Å². The van der Waals surface area contributed by atoms with Crippen LogP contribution in [0.15, 0.2) is 59.5 Å². The van der Waals surface area contributed by atoms with Gasteiger partial charge in [0.05, 0.1) is 4.90 Å². The number of hydrogen-bond donors (Lipinski definition) is 1. The molecule has 0 radical (unpaired) electrons. The average Bonchev–Trinajstić information content (AvgIpc) is 2.56. The summed E-state index contributed by atoms with van der Waals surface area (Å²) in [6.07, 6.45) is 1.24. The van der Waals surface area contributed by atoms with Crippen LogP contribution in [0.25, 0.3) is 0 Å². The minimum absolute atomic E-state index is 0.347. The van der Waals surface area contributed by atoms with Gasteiger partial charge in [0, 0.05) is 38.5 Å². The van der Waals surface area contributed by atoms with Gasteiger partial charge in [-0.05, 0) is 23.3 Å². The number of rotatable bonds is 4. The highest BCUT2D eigenvalue weighted by Gasteiger charge is 2.23. The van der Waals surface area contributed by atoms with Crippen molar-refractivity contribution in [2.24, 2.45) is 0 Å². The first-order chi connectivity index (χ1) is 11.0. The summed E-state index contributed by atoms with van der Waals surface area (Å²) in [5, 5.41) is 3.46. The van der Waals surface area contributed by atoms with Crippen LogP contribution in [-0.4, -0.2) is 39.2 Å². The van der Waals surface area contributed by atoms with E-state index in [-0.39, 0.29) is 0 Å². The molecular weight excluding hydrogens is 308 g/mol. The number of benzene rings is 2. The molecule has 1 aliphatic rings. The fourth-order valence-corrected chi connectivity index (χ4v) is 3.65. The van der Waals surface area contributed by atoms with Crippen molar-refractivity contribution in [3.8, 4) is 0 Å². The van der Waals surface area contributed by atoms with E-state index >= 15 is 0 Å². The van der Waals surface area contributed by atoms with E-state index in [0.29, 0.717) is 10.9 Å². The molecule has 1 fully saturated rings. The summed E-state index contributed by atoms with van der Waals surface area (Å²) in [6.45, 7) is 3.72. The highest BCUT2D eigenvalue weighted by Crippen LogP contribution is 2.24. The van der Waals surface area contributed by atoms with Crippen LogP contribution in [0.5, 0.6) is 0 Å². The summed E-state index contributed by atoms with van der Waals surface area (Å²) in [7, 11) is -3.13. The first-order valence-electron chi connectivity index (χ1n) is 7.83. The lowest BCUT2D eigenvalue weighted by atomic mass is 10.0. The Hall–Kier alpha value is -1.69. The van der Waals surface area contributed by atoms with Crippen LogP contribution in [0.4, 0.5) is 0 Å². The molecule has 3 rings (SSSR count). The van der Waals surface area contributed by atoms with Crippen LogP contribution in [0.3, 0.4) is 0 Å². The Morgan fingerprint density at radius 2 is 1.78 bits per heavy atom. The zero-order valence-electron chi connectivity index (χ0n) is 13.3. The van der Waals surface area contributed by atoms with E-state index < -0.39 is 9.84 Å². The molecule has 0 saturated carbocycles. The molecule has 2 aromatic carbocycles. The number of piperazine rings is 1. The van der Waals surface area contributed by atoms with Crippen LogP contribution in [-0.2, 0) is 16.4 Å². The van der Waals surface area contributed by atoms with E-state index in [1.54, 1.807) is 12.1 Å². The molecule has 1 N–H and O–H groups in total. The van der Waals surface area contributed by atoms with Gasteiger partial charge in [-0.2, -0.15) is 0 Å². The lowest BCUT2D eigenvalue weighted by Crippen LogP contribution is -2.45. The molecule has 1 aliphatic heterocycles. The van der Waals surface area contributed by atoms with E-state index in [9.17, 15) is 8.42 Å². The van der Waals surface area contributed by atoms with Crippen LogP contribution < -0.4 is 5.32 Å². The SMILES string of the molecule is CS(=O)(=O)c1ccc(CN2CCNCC2c2ccccc2)cc1. The summed E-state index contributed by atoms with van der Waals surface area (Å²) >= 11 is 0. The van der Waals surface area contributed by atoms with Crippen molar-refractivity contribution in [3.63, 3.8) is 0 Å². The minimum atomic E-state index is -3.13. The monoisotopic (exact) mass is 330 g/mol. The zero-order chi connectivity index (χ0) is 16.3. The van der Waals surface area contributed by atoms with Crippen LogP contribution >= 0.6 is 0 Å². The Labute approximate surface area is 138 Å². The highest BCUT2D eigenvalue weighted by molar-refractivity contribution is 7.90. The van der Waals surface area contributed by atoms with E-state index in [2.05, 4.69) is 34.5 Å². The maximum absolute atomic E-state index is 11.6. The minimum Gasteiger partial charge on any atom is -0.314 e. The third-order valence-corrected chi connectivity index (χ3v) is 5.40. The van der Waals surface area contributed by atoms with Gasteiger partial charge >= 0.3 is 0 Å². The fourth-order valence-electron chi connectivity index (χ4n) is 3.02. The fraction of sp³-hybridized carbons (Fsp3) is 0.333. The first kappa shape index (κ1) is 16.2. The van der Waals surface area contributed by atoms with Gasteiger partial charge < -0.3 is 5.32 Å². The maximum Gasteiger partial charge on any atom is 0.175 e. The molecule has 0 spiro atoms. The Bertz CT molecular complexity index is 742. The lowest BCUT2D eigenvalue weighted by molar-refractivity contribution is 0.153. The number of hydrogen-bond acceptors (Lipinski definition) is 4. The second-order valence-corrected chi connectivity index (χ2v) is 8.03. The molecule has 4 nitrogen and oxygen atoms in total. The molecule has 0 aliphatic carbocycles. The van der Waals surface area contributed by atoms with Crippen molar-refractivity contribution in [1.29, 1.82) is 0 Å². The maximum atomic E-state index is 11.6. The van der Waals surface area contributed by atoms with Gasteiger partial charge in [-0.25, -0.2) is 8.42 Å². The Morgan fingerprint density at radius 1 is 1.09 bits per heavy atom. The number of nitrogens with zero attached hydrogens (tertiary/aromatic N) is 1. The van der Waals surface area contributed by atoms with Gasteiger partial charge in [0.1, 0.15) is 0 Å². The van der Waals surface area contributed by atoms with Crippen molar-refractivity contribution in [1.82, 2.24) is 10.2 Å². The molecule has 1 saturated heterocycles. The molecular formula is C18H22N2O2S. The molecule has 1 unspecified atom stereocenters. The Kier molecular flexibility index (Phi) is 4.80. The molecule has 1 atom stereocenters. The largest absolute Gasteiger partial charge is 0.314 e. The second-order valence-electron chi connectivity index (χ2n) is 6.02. The molecule has 0 bridgehead atoms. The summed E-state index contributed by atoms with van der Waals surface area (Å²) in [5.74, 6) is 0. The normalized spacial score (nSPS) is 19.6.